The average molecular weight is 509 g/mol. The fourth-order valence-electron chi connectivity index (χ4n) is 4.70. The molecule has 6 rings (SSSR count). The molecule has 3 heterocycles. The van der Waals surface area contributed by atoms with Gasteiger partial charge in [-0.3, -0.25) is 4.79 Å². The first-order chi connectivity index (χ1) is 17.6. The van der Waals surface area contributed by atoms with Gasteiger partial charge in [0.2, 0.25) is 5.91 Å². The van der Waals surface area contributed by atoms with Crippen molar-refractivity contribution in [3.8, 4) is 17.2 Å². The zero-order chi connectivity index (χ0) is 26.0. The Labute approximate surface area is 210 Å². The number of carbonyl (C=O) groups is 2. The van der Waals surface area contributed by atoms with Crippen LogP contribution in [0.5, 0.6) is 17.2 Å². The molecule has 10 heteroatoms. The van der Waals surface area contributed by atoms with Crippen LogP contribution in [0.3, 0.4) is 0 Å². The van der Waals surface area contributed by atoms with Crippen LogP contribution in [0.1, 0.15) is 34.0 Å². The van der Waals surface area contributed by atoms with E-state index in [-0.39, 0.29) is 29.8 Å². The molecule has 8 nitrogen and oxygen atoms in total. The Hall–Kier alpha value is -4.18. The van der Waals surface area contributed by atoms with Crippen molar-refractivity contribution in [2.75, 3.05) is 25.6 Å². The third-order valence-electron chi connectivity index (χ3n) is 6.91. The first kappa shape index (κ1) is 23.2. The van der Waals surface area contributed by atoms with Gasteiger partial charge in [0.15, 0.2) is 11.5 Å². The van der Waals surface area contributed by atoms with Crippen molar-refractivity contribution in [1.82, 2.24) is 0 Å². The number of rotatable bonds is 5. The van der Waals surface area contributed by atoms with Crippen molar-refractivity contribution in [2.24, 2.45) is 0 Å². The van der Waals surface area contributed by atoms with Crippen LogP contribution in [0.2, 0.25) is 0 Å². The van der Waals surface area contributed by atoms with Gasteiger partial charge in [-0.25, -0.2) is 4.79 Å². The molecule has 2 atom stereocenters. The topological polar surface area (TPSA) is 95.6 Å². The first-order valence-corrected chi connectivity index (χ1v) is 11.5. The molecular formula is C27H21F2NO7. The Kier molecular flexibility index (Phi) is 4.97. The smallest absolute Gasteiger partial charge is 0.492 e. The molecule has 3 aromatic rings. The number of esters is 1. The van der Waals surface area contributed by atoms with Crippen LogP contribution in [0.15, 0.2) is 60.7 Å². The second-order valence-corrected chi connectivity index (χ2v) is 9.30. The largest absolute Gasteiger partial charge is 0.586 e. The fraction of sp³-hybridized carbons (Fsp3) is 0.259. The summed E-state index contributed by atoms with van der Waals surface area (Å²) in [6.45, 7) is 2.14. The molecule has 0 bridgehead atoms. The van der Waals surface area contributed by atoms with Crippen LogP contribution in [-0.4, -0.2) is 38.5 Å². The quantitative estimate of drug-likeness (QED) is 0.403. The number of carbonyl (C=O) groups excluding carboxylic acids is 2. The maximum atomic E-state index is 13.5. The minimum atomic E-state index is -3.77. The Morgan fingerprint density at radius 1 is 0.919 bits per heavy atom. The fourth-order valence-corrected chi connectivity index (χ4v) is 4.70. The summed E-state index contributed by atoms with van der Waals surface area (Å²) >= 11 is 0. The Balaban J connectivity index is 1.24. The summed E-state index contributed by atoms with van der Waals surface area (Å²) in [6.07, 6.45) is -3.77. The molecule has 1 saturated heterocycles. The third kappa shape index (κ3) is 3.75. The van der Waals surface area contributed by atoms with E-state index in [1.54, 1.807) is 31.2 Å². The Bertz CT molecular complexity index is 1440. The van der Waals surface area contributed by atoms with Crippen LogP contribution in [0.4, 0.5) is 14.5 Å². The van der Waals surface area contributed by atoms with Crippen molar-refractivity contribution in [3.05, 3.63) is 82.9 Å². The molecule has 3 aliphatic heterocycles. The number of fused-ring (bicyclic) bond motifs is 2. The lowest BCUT2D eigenvalue weighted by Crippen LogP contribution is -2.39. The number of amides is 1. The van der Waals surface area contributed by atoms with E-state index in [1.165, 1.54) is 19.2 Å². The van der Waals surface area contributed by atoms with E-state index in [9.17, 15) is 18.4 Å². The number of anilines is 1. The van der Waals surface area contributed by atoms with Gasteiger partial charge in [0.05, 0.1) is 19.3 Å². The molecule has 0 saturated carbocycles. The highest BCUT2D eigenvalue weighted by atomic mass is 19.3. The van der Waals surface area contributed by atoms with Gasteiger partial charge in [0, 0.05) is 17.3 Å². The van der Waals surface area contributed by atoms with Crippen LogP contribution >= 0.6 is 0 Å². The Morgan fingerprint density at radius 2 is 1.62 bits per heavy atom. The summed E-state index contributed by atoms with van der Waals surface area (Å²) in [6, 6.07) is 16.9. The summed E-state index contributed by atoms with van der Waals surface area (Å²) in [7, 11) is 1.32. The summed E-state index contributed by atoms with van der Waals surface area (Å²) in [5, 5.41) is 2.92. The maximum absolute atomic E-state index is 13.5. The first-order valence-electron chi connectivity index (χ1n) is 11.5. The van der Waals surface area contributed by atoms with E-state index in [2.05, 4.69) is 14.8 Å². The van der Waals surface area contributed by atoms with Crippen molar-refractivity contribution in [1.29, 1.82) is 0 Å². The van der Waals surface area contributed by atoms with Crippen molar-refractivity contribution >= 4 is 17.6 Å². The molecule has 1 fully saturated rings. The molecular weight excluding hydrogens is 488 g/mol. The number of nitrogens with one attached hydrogen (secondary N) is 1. The maximum Gasteiger partial charge on any atom is 0.586 e. The number of hydrogen-bond donors (Lipinski definition) is 1. The number of hydrogen-bond acceptors (Lipinski definition) is 7. The Morgan fingerprint density at radius 3 is 2.30 bits per heavy atom. The number of alkyl halides is 2. The molecule has 0 spiro atoms. The highest BCUT2D eigenvalue weighted by Gasteiger charge is 2.50. The highest BCUT2D eigenvalue weighted by molar-refractivity contribution is 6.00. The molecule has 3 aliphatic rings. The monoisotopic (exact) mass is 509 g/mol. The van der Waals surface area contributed by atoms with E-state index in [0.717, 1.165) is 11.1 Å². The molecule has 1 N–H and O–H groups in total. The number of benzene rings is 3. The molecule has 0 aromatic heterocycles. The number of methoxy groups -OCH3 is 1. The zero-order valence-corrected chi connectivity index (χ0v) is 19.8. The predicted molar refractivity (Wildman–Crippen MR) is 125 cm³/mol. The second kappa shape index (κ2) is 7.91. The molecule has 0 aliphatic carbocycles. The van der Waals surface area contributed by atoms with E-state index >= 15 is 0 Å². The predicted octanol–water partition coefficient (Wildman–Crippen LogP) is 4.36. The lowest BCUT2D eigenvalue weighted by atomic mass is 9.83. The molecule has 1 amide bonds. The average Bonchev–Trinajstić information content (AvgIpc) is 3.55. The summed E-state index contributed by atoms with van der Waals surface area (Å²) < 4.78 is 52.3. The highest BCUT2D eigenvalue weighted by Crippen LogP contribution is 2.50. The van der Waals surface area contributed by atoms with Crippen LogP contribution in [0, 0.1) is 0 Å². The number of ether oxygens (including phenoxy) is 5. The van der Waals surface area contributed by atoms with Gasteiger partial charge in [0.1, 0.15) is 23.4 Å². The van der Waals surface area contributed by atoms with Crippen LogP contribution in [-0.2, 0) is 25.3 Å². The van der Waals surface area contributed by atoms with Gasteiger partial charge in [0.25, 0.3) is 0 Å². The molecule has 0 radical (unpaired) electrons. The van der Waals surface area contributed by atoms with Gasteiger partial charge in [-0.15, -0.1) is 8.78 Å². The number of epoxide rings is 1. The standard InChI is InChI=1S/C27H21F2NO7/c1-25(13-34-20-12-22-21(11-19(20)25)36-27(28,29)37-22)24(32)30-18-5-3-4-17(10-18)26(14-35-26)16-8-6-15(7-9-16)23(31)33-2/h3-12H,13-14H2,1-2H3,(H,30,32)/t25-,26?/m0/s1. The zero-order valence-electron chi connectivity index (χ0n) is 19.8. The molecule has 1 unspecified atom stereocenters. The summed E-state index contributed by atoms with van der Waals surface area (Å²) in [4.78, 5) is 25.2. The lowest BCUT2D eigenvalue weighted by molar-refractivity contribution is -0.286. The summed E-state index contributed by atoms with van der Waals surface area (Å²) in [5.41, 5.74) is 1.24. The van der Waals surface area contributed by atoms with Crippen molar-refractivity contribution in [3.63, 3.8) is 0 Å². The van der Waals surface area contributed by atoms with E-state index in [0.29, 0.717) is 23.4 Å². The van der Waals surface area contributed by atoms with Gasteiger partial charge >= 0.3 is 12.3 Å². The third-order valence-corrected chi connectivity index (χ3v) is 6.91. The van der Waals surface area contributed by atoms with Crippen molar-refractivity contribution < 1.29 is 42.1 Å². The van der Waals surface area contributed by atoms with E-state index in [4.69, 9.17) is 14.2 Å². The van der Waals surface area contributed by atoms with Gasteiger partial charge < -0.3 is 29.0 Å². The van der Waals surface area contributed by atoms with Gasteiger partial charge in [-0.05, 0) is 48.4 Å². The van der Waals surface area contributed by atoms with E-state index < -0.39 is 23.3 Å². The second-order valence-electron chi connectivity index (χ2n) is 9.30. The molecule has 37 heavy (non-hydrogen) atoms. The molecule has 3 aromatic carbocycles. The van der Waals surface area contributed by atoms with Crippen LogP contribution in [0.25, 0.3) is 0 Å². The summed E-state index contributed by atoms with van der Waals surface area (Å²) in [5.74, 6) is -0.808. The molecule has 190 valence electrons. The minimum Gasteiger partial charge on any atom is -0.492 e. The van der Waals surface area contributed by atoms with Crippen molar-refractivity contribution in [2.45, 2.75) is 24.2 Å². The van der Waals surface area contributed by atoms with E-state index in [1.807, 2.05) is 24.3 Å². The SMILES string of the molecule is COC(=O)c1ccc(C2(c3cccc(NC(=O)[C@@]4(C)COc5cc6c(cc54)OC(F)(F)O6)c3)CO2)cc1. The minimum absolute atomic E-state index is 0.0206. The normalized spacial score (nSPS) is 24.1. The van der Waals surface area contributed by atoms with Gasteiger partial charge in [-0.2, -0.15) is 0 Å². The lowest BCUT2D eigenvalue weighted by Gasteiger charge is -2.22. The van der Waals surface area contributed by atoms with Crippen LogP contribution < -0.4 is 19.5 Å². The van der Waals surface area contributed by atoms with Gasteiger partial charge in [-0.1, -0.05) is 24.3 Å². The number of halogens is 2.